The highest BCUT2D eigenvalue weighted by molar-refractivity contribution is 7.93. The van der Waals surface area contributed by atoms with Gasteiger partial charge in [-0.25, -0.2) is 13.2 Å². The molecule has 1 aliphatic carbocycles. The van der Waals surface area contributed by atoms with Gasteiger partial charge >= 0.3 is 5.97 Å². The van der Waals surface area contributed by atoms with Crippen LogP contribution in [-0.2, 0) is 14.8 Å². The Morgan fingerprint density at radius 1 is 1.00 bits per heavy atom. The molecule has 7 nitrogen and oxygen atoms in total. The maximum Gasteiger partial charge on any atom is 0.327 e. The summed E-state index contributed by atoms with van der Waals surface area (Å²) in [5.74, 6) is -1.07. The molecule has 3 aromatic rings. The summed E-state index contributed by atoms with van der Waals surface area (Å²) in [6, 6.07) is 12.6. The van der Waals surface area contributed by atoms with Crippen LogP contribution in [-0.4, -0.2) is 38.0 Å². The molecule has 214 valence electrons. The number of hydrogen-bond donors (Lipinski definition) is 2. The summed E-state index contributed by atoms with van der Waals surface area (Å²) in [5, 5.41) is 14.5. The number of anilines is 1. The highest BCUT2D eigenvalue weighted by Crippen LogP contribution is 2.36. The first kappa shape index (κ1) is 30.2. The molecule has 0 saturated heterocycles. The molecule has 1 amide bonds. The summed E-state index contributed by atoms with van der Waals surface area (Å²) in [6.45, 7) is 2.49. The van der Waals surface area contributed by atoms with Crippen molar-refractivity contribution in [3.05, 3.63) is 70.2 Å². The number of benzene rings is 3. The van der Waals surface area contributed by atoms with E-state index < -0.39 is 22.0 Å². The smallest absolute Gasteiger partial charge is 0.327 e. The number of carboxylic acid groups (broad SMARTS) is 1. The molecule has 1 saturated carbocycles. The zero-order valence-electron chi connectivity index (χ0n) is 22.4. The van der Waals surface area contributed by atoms with Crippen molar-refractivity contribution in [3.8, 4) is 0 Å². The molecule has 0 bridgehead atoms. The van der Waals surface area contributed by atoms with E-state index in [1.54, 1.807) is 36.4 Å². The van der Waals surface area contributed by atoms with Crippen molar-refractivity contribution in [2.45, 2.75) is 69.2 Å². The number of sulfonamides is 1. The number of nitrogens with zero attached hydrogens (tertiary/aromatic N) is 1. The predicted octanol–water partition coefficient (Wildman–Crippen LogP) is 7.30. The number of hydrogen-bond acceptors (Lipinski definition) is 4. The first-order valence-corrected chi connectivity index (χ1v) is 15.9. The molecule has 3 aromatic carbocycles. The second kappa shape index (κ2) is 13.2. The van der Waals surface area contributed by atoms with Gasteiger partial charge in [0, 0.05) is 27.5 Å². The topological polar surface area (TPSA) is 104 Å². The number of halogens is 2. The lowest BCUT2D eigenvalue weighted by Gasteiger charge is -2.31. The van der Waals surface area contributed by atoms with Gasteiger partial charge in [-0.1, -0.05) is 86.5 Å². The number of fused-ring (bicyclic) bond motifs is 1. The quantitative estimate of drug-likeness (QED) is 0.239. The van der Waals surface area contributed by atoms with E-state index in [9.17, 15) is 23.1 Å². The van der Waals surface area contributed by atoms with Crippen LogP contribution < -0.4 is 9.62 Å². The minimum absolute atomic E-state index is 0.0946. The third kappa shape index (κ3) is 6.73. The molecule has 1 atom stereocenters. The average Bonchev–Trinajstić information content (AvgIpc) is 2.93. The van der Waals surface area contributed by atoms with E-state index in [4.69, 9.17) is 23.2 Å². The fourth-order valence-electron chi connectivity index (χ4n) is 5.40. The average molecular weight is 606 g/mol. The number of nitrogens with one attached hydrogen (secondary N) is 1. The van der Waals surface area contributed by atoms with Gasteiger partial charge in [0.2, 0.25) is 0 Å². The number of carboxylic acids is 1. The molecule has 40 heavy (non-hydrogen) atoms. The van der Waals surface area contributed by atoms with E-state index in [-0.39, 0.29) is 33.0 Å². The molecule has 1 unspecified atom stereocenters. The van der Waals surface area contributed by atoms with Gasteiger partial charge in [0.1, 0.15) is 6.04 Å². The molecule has 1 fully saturated rings. The third-order valence-corrected chi connectivity index (χ3v) is 9.69. The highest BCUT2D eigenvalue weighted by atomic mass is 35.5. The van der Waals surface area contributed by atoms with Crippen molar-refractivity contribution in [1.82, 2.24) is 5.32 Å². The lowest BCUT2D eigenvalue weighted by atomic mass is 9.89. The normalized spacial score (nSPS) is 15.1. The largest absolute Gasteiger partial charge is 0.480 e. The van der Waals surface area contributed by atoms with E-state index in [1.165, 1.54) is 37.5 Å². The van der Waals surface area contributed by atoms with Gasteiger partial charge in [-0.2, -0.15) is 0 Å². The Labute approximate surface area is 245 Å². The summed E-state index contributed by atoms with van der Waals surface area (Å²) in [6.07, 6.45) is 7.03. The van der Waals surface area contributed by atoms with Gasteiger partial charge in [0.05, 0.1) is 10.6 Å². The van der Waals surface area contributed by atoms with Crippen molar-refractivity contribution < 1.29 is 23.1 Å². The lowest BCUT2D eigenvalue weighted by molar-refractivity contribution is -0.138. The Morgan fingerprint density at radius 3 is 2.30 bits per heavy atom. The van der Waals surface area contributed by atoms with Crippen LogP contribution in [0.1, 0.15) is 68.6 Å². The monoisotopic (exact) mass is 604 g/mol. The van der Waals surface area contributed by atoms with Crippen molar-refractivity contribution in [2.24, 2.45) is 5.92 Å². The summed E-state index contributed by atoms with van der Waals surface area (Å²) < 4.78 is 29.2. The van der Waals surface area contributed by atoms with Crippen LogP contribution in [0.4, 0.5) is 5.69 Å². The van der Waals surface area contributed by atoms with E-state index in [2.05, 4.69) is 5.32 Å². The Morgan fingerprint density at radius 2 is 1.65 bits per heavy atom. The molecular weight excluding hydrogens is 571 g/mol. The molecule has 0 aliphatic heterocycles. The van der Waals surface area contributed by atoms with E-state index in [0.29, 0.717) is 41.6 Å². The number of rotatable bonds is 11. The molecule has 0 radical (unpaired) electrons. The Bertz CT molecular complexity index is 1470. The standard InChI is InChI=1S/C30H34Cl2N2O5S/c1-2-3-14-28(30(36)37)34(40(38,39)23-17-21(31)16-22(32)18-23)27-15-8-11-24-25(27)12-7-13-26(24)29(35)33-19-20-9-5-4-6-10-20/h7-8,11-13,15-18,20,28H,2-6,9-10,14,19H2,1H3,(H,33,35)(H,36,37). The Balaban J connectivity index is 1.83. The van der Waals surface area contributed by atoms with Gasteiger partial charge in [-0.05, 0) is 60.9 Å². The van der Waals surface area contributed by atoms with Gasteiger partial charge in [-0.3, -0.25) is 9.10 Å². The third-order valence-electron chi connectivity index (χ3n) is 7.45. The number of carbonyl (C=O) groups excluding carboxylic acids is 1. The molecule has 0 spiro atoms. The minimum atomic E-state index is -4.44. The van der Waals surface area contributed by atoms with Crippen LogP contribution in [0.5, 0.6) is 0 Å². The first-order valence-electron chi connectivity index (χ1n) is 13.7. The second-order valence-corrected chi connectivity index (χ2v) is 13.0. The summed E-state index contributed by atoms with van der Waals surface area (Å²) in [5.41, 5.74) is 0.567. The summed E-state index contributed by atoms with van der Waals surface area (Å²) in [7, 11) is -4.44. The summed E-state index contributed by atoms with van der Waals surface area (Å²) >= 11 is 12.3. The van der Waals surface area contributed by atoms with Gasteiger partial charge < -0.3 is 10.4 Å². The van der Waals surface area contributed by atoms with E-state index in [0.717, 1.165) is 17.1 Å². The van der Waals surface area contributed by atoms with Crippen molar-refractivity contribution in [2.75, 3.05) is 10.8 Å². The molecule has 0 heterocycles. The number of amides is 1. The van der Waals surface area contributed by atoms with Crippen LogP contribution >= 0.6 is 23.2 Å². The number of aliphatic carboxylic acids is 1. The van der Waals surface area contributed by atoms with E-state index in [1.807, 2.05) is 6.92 Å². The molecule has 4 rings (SSSR count). The number of unbranched alkanes of at least 4 members (excludes halogenated alkanes) is 1. The Hall–Kier alpha value is -2.81. The molecule has 2 N–H and O–H groups in total. The molecule has 0 aromatic heterocycles. The highest BCUT2D eigenvalue weighted by Gasteiger charge is 2.37. The van der Waals surface area contributed by atoms with Crippen molar-refractivity contribution in [3.63, 3.8) is 0 Å². The van der Waals surface area contributed by atoms with Crippen LogP contribution in [0, 0.1) is 5.92 Å². The molecule has 1 aliphatic rings. The Kier molecular flexibility index (Phi) is 9.98. The predicted molar refractivity (Wildman–Crippen MR) is 160 cm³/mol. The summed E-state index contributed by atoms with van der Waals surface area (Å²) in [4.78, 5) is 25.6. The van der Waals surface area contributed by atoms with E-state index >= 15 is 0 Å². The van der Waals surface area contributed by atoms with Gasteiger partial charge in [-0.15, -0.1) is 0 Å². The zero-order chi connectivity index (χ0) is 28.9. The van der Waals surface area contributed by atoms with Crippen LogP contribution in [0.15, 0.2) is 59.5 Å². The fourth-order valence-corrected chi connectivity index (χ4v) is 7.78. The molecule has 10 heteroatoms. The maximum atomic E-state index is 14.2. The van der Waals surface area contributed by atoms with Crippen LogP contribution in [0.2, 0.25) is 10.0 Å². The maximum absolute atomic E-state index is 14.2. The first-order chi connectivity index (χ1) is 19.1. The lowest BCUT2D eigenvalue weighted by Crippen LogP contribution is -2.45. The second-order valence-electron chi connectivity index (χ2n) is 10.3. The molecular formula is C30H34Cl2N2O5S. The van der Waals surface area contributed by atoms with Crippen molar-refractivity contribution >= 4 is 61.6 Å². The van der Waals surface area contributed by atoms with Gasteiger partial charge in [0.25, 0.3) is 15.9 Å². The van der Waals surface area contributed by atoms with Crippen molar-refractivity contribution in [1.29, 1.82) is 0 Å². The minimum Gasteiger partial charge on any atom is -0.480 e. The SMILES string of the molecule is CCCCC(C(=O)O)N(c1cccc2c(C(=O)NCC3CCCCC3)cccc12)S(=O)(=O)c1cc(Cl)cc(Cl)c1. The number of carbonyl (C=O) groups is 2. The zero-order valence-corrected chi connectivity index (χ0v) is 24.7. The fraction of sp³-hybridized carbons (Fsp3) is 0.400. The van der Waals surface area contributed by atoms with Crippen LogP contribution in [0.3, 0.4) is 0 Å². The van der Waals surface area contributed by atoms with Gasteiger partial charge in [0.15, 0.2) is 0 Å². The van der Waals surface area contributed by atoms with Crippen LogP contribution in [0.25, 0.3) is 10.8 Å².